The highest BCUT2D eigenvalue weighted by atomic mass is 32.2. The largest absolute Gasteiger partial charge is 0.467 e. The van der Waals surface area contributed by atoms with Crippen LogP contribution in [0.15, 0.2) is 40.3 Å². The minimum atomic E-state index is -0.403. The number of thioether (sulfide) groups is 1. The number of furan rings is 1. The van der Waals surface area contributed by atoms with Crippen LogP contribution in [-0.4, -0.2) is 46.3 Å². The number of hydrogen-bond donors (Lipinski definition) is 0. The first kappa shape index (κ1) is 15.2. The lowest BCUT2D eigenvalue weighted by Crippen LogP contribution is -2.47. The SMILES string of the molecule is CN(Cc1ccco1)C(=O)C1CSCN1C(=O)c1cccs1. The highest BCUT2D eigenvalue weighted by molar-refractivity contribution is 7.99. The molecule has 2 aromatic heterocycles. The predicted molar refractivity (Wildman–Crippen MR) is 86.8 cm³/mol. The lowest BCUT2D eigenvalue weighted by molar-refractivity contribution is -0.134. The van der Waals surface area contributed by atoms with E-state index in [1.165, 1.54) is 11.3 Å². The molecule has 1 aliphatic heterocycles. The van der Waals surface area contributed by atoms with Crippen LogP contribution >= 0.6 is 23.1 Å². The maximum atomic E-state index is 12.6. The zero-order chi connectivity index (χ0) is 15.5. The number of amides is 2. The maximum absolute atomic E-state index is 12.6. The van der Waals surface area contributed by atoms with Gasteiger partial charge in [0.05, 0.1) is 23.6 Å². The molecule has 5 nitrogen and oxygen atoms in total. The number of nitrogens with zero attached hydrogens (tertiary/aromatic N) is 2. The average molecular weight is 336 g/mol. The summed E-state index contributed by atoms with van der Waals surface area (Å²) in [6.07, 6.45) is 1.59. The molecule has 0 N–H and O–H groups in total. The fourth-order valence-corrected chi connectivity index (χ4v) is 4.18. The summed E-state index contributed by atoms with van der Waals surface area (Å²) in [4.78, 5) is 29.1. The average Bonchev–Trinajstić information content (AvgIpc) is 3.26. The van der Waals surface area contributed by atoms with E-state index in [-0.39, 0.29) is 11.8 Å². The monoisotopic (exact) mass is 336 g/mol. The van der Waals surface area contributed by atoms with E-state index >= 15 is 0 Å². The van der Waals surface area contributed by atoms with Crippen molar-refractivity contribution in [2.45, 2.75) is 12.6 Å². The van der Waals surface area contributed by atoms with Crippen LogP contribution in [0.4, 0.5) is 0 Å². The molecule has 0 saturated carbocycles. The van der Waals surface area contributed by atoms with E-state index in [1.54, 1.807) is 47.0 Å². The fraction of sp³-hybridized carbons (Fsp3) is 0.333. The first-order valence-corrected chi connectivity index (χ1v) is 8.90. The number of carbonyl (C=O) groups excluding carboxylic acids is 2. The van der Waals surface area contributed by atoms with Gasteiger partial charge in [0.1, 0.15) is 11.8 Å². The molecule has 1 saturated heterocycles. The van der Waals surface area contributed by atoms with Crippen LogP contribution in [0.5, 0.6) is 0 Å². The van der Waals surface area contributed by atoms with Gasteiger partial charge in [-0.25, -0.2) is 0 Å². The smallest absolute Gasteiger partial charge is 0.265 e. The molecule has 2 amide bonds. The lowest BCUT2D eigenvalue weighted by Gasteiger charge is -2.26. The highest BCUT2D eigenvalue weighted by Gasteiger charge is 2.37. The molecule has 22 heavy (non-hydrogen) atoms. The Morgan fingerprint density at radius 3 is 2.95 bits per heavy atom. The van der Waals surface area contributed by atoms with Crippen molar-refractivity contribution >= 4 is 34.9 Å². The molecule has 7 heteroatoms. The summed E-state index contributed by atoms with van der Waals surface area (Å²) in [5, 5.41) is 1.87. The predicted octanol–water partition coefficient (Wildman–Crippen LogP) is 2.51. The minimum Gasteiger partial charge on any atom is -0.467 e. The van der Waals surface area contributed by atoms with Crippen molar-refractivity contribution in [1.82, 2.24) is 9.80 Å². The van der Waals surface area contributed by atoms with Crippen molar-refractivity contribution in [3.05, 3.63) is 46.5 Å². The number of hydrogen-bond acceptors (Lipinski definition) is 5. The summed E-state index contributed by atoms with van der Waals surface area (Å²) in [7, 11) is 1.74. The number of carbonyl (C=O) groups is 2. The van der Waals surface area contributed by atoms with Crippen LogP contribution in [0.2, 0.25) is 0 Å². The second kappa shape index (κ2) is 6.58. The van der Waals surface area contributed by atoms with Crippen molar-refractivity contribution in [2.24, 2.45) is 0 Å². The summed E-state index contributed by atoms with van der Waals surface area (Å²) in [5.74, 6) is 1.81. The quantitative estimate of drug-likeness (QED) is 0.861. The molecule has 1 atom stereocenters. The number of thiophene rings is 1. The molecule has 3 heterocycles. The molecule has 0 radical (unpaired) electrons. The van der Waals surface area contributed by atoms with Crippen molar-refractivity contribution in [3.8, 4) is 0 Å². The third-order valence-corrected chi connectivity index (χ3v) is 5.38. The third-order valence-electron chi connectivity index (χ3n) is 3.51. The second-order valence-electron chi connectivity index (χ2n) is 5.04. The van der Waals surface area contributed by atoms with E-state index in [4.69, 9.17) is 4.42 Å². The van der Waals surface area contributed by atoms with Crippen LogP contribution < -0.4 is 0 Å². The Hall–Kier alpha value is -1.73. The van der Waals surface area contributed by atoms with E-state index in [0.717, 1.165) is 5.76 Å². The molecule has 1 aliphatic rings. The van der Waals surface area contributed by atoms with Crippen LogP contribution in [0, 0.1) is 0 Å². The third kappa shape index (κ3) is 3.05. The summed E-state index contributed by atoms with van der Waals surface area (Å²) < 4.78 is 5.27. The van der Waals surface area contributed by atoms with Crippen molar-refractivity contribution in [2.75, 3.05) is 18.7 Å². The van der Waals surface area contributed by atoms with Gasteiger partial charge in [0.2, 0.25) is 5.91 Å². The van der Waals surface area contributed by atoms with Gasteiger partial charge in [0.15, 0.2) is 0 Å². The van der Waals surface area contributed by atoms with E-state index in [0.29, 0.717) is 23.1 Å². The van der Waals surface area contributed by atoms with Gasteiger partial charge in [0, 0.05) is 12.8 Å². The van der Waals surface area contributed by atoms with Gasteiger partial charge in [-0.1, -0.05) is 6.07 Å². The van der Waals surface area contributed by atoms with Gasteiger partial charge in [0.25, 0.3) is 5.91 Å². The van der Waals surface area contributed by atoms with Gasteiger partial charge in [-0.05, 0) is 23.6 Å². The summed E-state index contributed by atoms with van der Waals surface area (Å²) in [6, 6.07) is 6.87. The Morgan fingerprint density at radius 2 is 2.27 bits per heavy atom. The normalized spacial score (nSPS) is 17.7. The molecule has 0 spiro atoms. The van der Waals surface area contributed by atoms with Crippen LogP contribution in [0.1, 0.15) is 15.4 Å². The number of rotatable bonds is 4. The Labute approximate surface area is 136 Å². The van der Waals surface area contributed by atoms with Crippen LogP contribution in [-0.2, 0) is 11.3 Å². The molecule has 0 bridgehead atoms. The molecule has 1 unspecified atom stereocenters. The molecule has 0 aliphatic carbocycles. The molecule has 116 valence electrons. The fourth-order valence-electron chi connectivity index (χ4n) is 2.36. The lowest BCUT2D eigenvalue weighted by atomic mass is 10.2. The summed E-state index contributed by atoms with van der Waals surface area (Å²) in [5.41, 5.74) is 0. The van der Waals surface area contributed by atoms with Gasteiger partial charge >= 0.3 is 0 Å². The minimum absolute atomic E-state index is 0.0497. The van der Waals surface area contributed by atoms with Gasteiger partial charge in [-0.2, -0.15) is 0 Å². The zero-order valence-corrected chi connectivity index (χ0v) is 13.7. The first-order valence-electron chi connectivity index (χ1n) is 6.86. The van der Waals surface area contributed by atoms with Crippen molar-refractivity contribution in [1.29, 1.82) is 0 Å². The van der Waals surface area contributed by atoms with Gasteiger partial charge in [-0.15, -0.1) is 23.1 Å². The van der Waals surface area contributed by atoms with E-state index in [1.807, 2.05) is 17.5 Å². The van der Waals surface area contributed by atoms with Gasteiger partial charge < -0.3 is 14.2 Å². The van der Waals surface area contributed by atoms with Crippen molar-refractivity contribution < 1.29 is 14.0 Å². The Morgan fingerprint density at radius 1 is 1.41 bits per heavy atom. The Kier molecular flexibility index (Phi) is 4.54. The van der Waals surface area contributed by atoms with Gasteiger partial charge in [-0.3, -0.25) is 9.59 Å². The standard InChI is InChI=1S/C15H16N2O3S2/c1-16(8-11-4-2-6-20-11)14(18)12-9-21-10-17(12)15(19)13-5-3-7-22-13/h2-7,12H,8-10H2,1H3. The Bertz CT molecular complexity index is 640. The zero-order valence-electron chi connectivity index (χ0n) is 12.1. The second-order valence-corrected chi connectivity index (χ2v) is 6.99. The summed E-state index contributed by atoms with van der Waals surface area (Å²) >= 11 is 3.01. The van der Waals surface area contributed by atoms with E-state index < -0.39 is 6.04 Å². The summed E-state index contributed by atoms with van der Waals surface area (Å²) in [6.45, 7) is 0.411. The molecule has 1 fully saturated rings. The topological polar surface area (TPSA) is 53.8 Å². The molecule has 2 aromatic rings. The maximum Gasteiger partial charge on any atom is 0.265 e. The van der Waals surface area contributed by atoms with E-state index in [9.17, 15) is 9.59 Å². The molecular weight excluding hydrogens is 320 g/mol. The van der Waals surface area contributed by atoms with Crippen molar-refractivity contribution in [3.63, 3.8) is 0 Å². The Balaban J connectivity index is 1.69. The van der Waals surface area contributed by atoms with Crippen LogP contribution in [0.3, 0.4) is 0 Å². The molecule has 0 aromatic carbocycles. The first-order chi connectivity index (χ1) is 10.7. The highest BCUT2D eigenvalue weighted by Crippen LogP contribution is 2.26. The molecule has 3 rings (SSSR count). The molecular formula is C15H16N2O3S2. The number of likely N-dealkylation sites (N-methyl/N-ethyl adjacent to an activating group) is 1. The van der Waals surface area contributed by atoms with E-state index in [2.05, 4.69) is 0 Å². The van der Waals surface area contributed by atoms with Crippen LogP contribution in [0.25, 0.3) is 0 Å².